The van der Waals surface area contributed by atoms with Gasteiger partial charge in [0.1, 0.15) is 4.75 Å². The Morgan fingerprint density at radius 2 is 2.00 bits per heavy atom. The zero-order valence-corrected chi connectivity index (χ0v) is 10.8. The van der Waals surface area contributed by atoms with Crippen LogP contribution >= 0.6 is 11.8 Å². The van der Waals surface area contributed by atoms with Crippen molar-refractivity contribution in [3.05, 3.63) is 0 Å². The summed E-state index contributed by atoms with van der Waals surface area (Å²) in [5, 5.41) is 9.32. The van der Waals surface area contributed by atoms with E-state index in [1.165, 1.54) is 0 Å². The molecular formula is C12H22O2S. The second-order valence-electron chi connectivity index (χ2n) is 4.81. The van der Waals surface area contributed by atoms with Gasteiger partial charge in [0.25, 0.3) is 0 Å². The predicted molar refractivity (Wildman–Crippen MR) is 65.3 cm³/mol. The first kappa shape index (κ1) is 12.9. The van der Waals surface area contributed by atoms with E-state index in [4.69, 9.17) is 0 Å². The minimum absolute atomic E-state index is 0.472. The van der Waals surface area contributed by atoms with Crippen molar-refractivity contribution < 1.29 is 9.90 Å². The van der Waals surface area contributed by atoms with E-state index in [1.807, 2.05) is 6.92 Å². The van der Waals surface area contributed by atoms with Gasteiger partial charge in [-0.15, -0.1) is 11.8 Å². The van der Waals surface area contributed by atoms with Gasteiger partial charge in [-0.1, -0.05) is 20.8 Å². The van der Waals surface area contributed by atoms with Crippen molar-refractivity contribution in [2.75, 3.05) is 5.75 Å². The first-order valence-corrected chi connectivity index (χ1v) is 6.87. The van der Waals surface area contributed by atoms with E-state index in [-0.39, 0.29) is 0 Å². The molecule has 2 nitrogen and oxygen atoms in total. The van der Waals surface area contributed by atoms with E-state index >= 15 is 0 Å². The van der Waals surface area contributed by atoms with Crippen LogP contribution in [0.25, 0.3) is 0 Å². The third kappa shape index (κ3) is 2.90. The van der Waals surface area contributed by atoms with Crippen molar-refractivity contribution in [1.82, 2.24) is 0 Å². The number of aliphatic carboxylic acids is 1. The van der Waals surface area contributed by atoms with Gasteiger partial charge in [0.2, 0.25) is 0 Å². The molecule has 0 unspecified atom stereocenters. The highest BCUT2D eigenvalue weighted by atomic mass is 32.2. The third-order valence-electron chi connectivity index (χ3n) is 3.59. The molecule has 88 valence electrons. The zero-order valence-electron chi connectivity index (χ0n) is 9.95. The first-order valence-electron chi connectivity index (χ1n) is 5.89. The molecule has 0 amide bonds. The fourth-order valence-electron chi connectivity index (χ4n) is 2.47. The van der Waals surface area contributed by atoms with Crippen LogP contribution in [0.4, 0.5) is 0 Å². The molecule has 0 radical (unpaired) electrons. The molecule has 0 saturated heterocycles. The van der Waals surface area contributed by atoms with Gasteiger partial charge in [-0.2, -0.15) is 0 Å². The molecule has 0 bridgehead atoms. The smallest absolute Gasteiger partial charge is 0.319 e. The Hall–Kier alpha value is -0.180. The van der Waals surface area contributed by atoms with Crippen LogP contribution in [0.15, 0.2) is 0 Å². The Kier molecular flexibility index (Phi) is 4.50. The summed E-state index contributed by atoms with van der Waals surface area (Å²) in [5.74, 6) is 1.73. The molecule has 0 spiro atoms. The molecule has 0 atom stereocenters. The summed E-state index contributed by atoms with van der Waals surface area (Å²) in [4.78, 5) is 11.3. The second-order valence-corrected chi connectivity index (χ2v) is 6.46. The van der Waals surface area contributed by atoms with Gasteiger partial charge in [-0.05, 0) is 43.3 Å². The normalized spacial score (nSPS) is 31.9. The Morgan fingerprint density at radius 1 is 1.47 bits per heavy atom. The standard InChI is InChI=1S/C12H22O2S/c1-4-15-12(11(13)14)7-5-10(6-8-12)9(2)3/h9-10H,4-8H2,1-3H3,(H,13,14). The van der Waals surface area contributed by atoms with Crippen LogP contribution in [0.1, 0.15) is 46.5 Å². The molecule has 0 aromatic carbocycles. The topological polar surface area (TPSA) is 37.3 Å². The van der Waals surface area contributed by atoms with Crippen molar-refractivity contribution in [2.45, 2.75) is 51.2 Å². The van der Waals surface area contributed by atoms with Gasteiger partial charge < -0.3 is 5.11 Å². The summed E-state index contributed by atoms with van der Waals surface area (Å²) in [6, 6.07) is 0. The molecule has 0 aliphatic heterocycles. The first-order chi connectivity index (χ1) is 7.02. The number of carboxylic acids is 1. The van der Waals surface area contributed by atoms with Crippen LogP contribution in [0, 0.1) is 11.8 Å². The minimum atomic E-state index is -0.600. The molecule has 1 aliphatic rings. The molecular weight excluding hydrogens is 208 g/mol. The monoisotopic (exact) mass is 230 g/mol. The van der Waals surface area contributed by atoms with Crippen LogP contribution < -0.4 is 0 Å². The van der Waals surface area contributed by atoms with E-state index in [0.29, 0.717) is 5.92 Å². The third-order valence-corrected chi connectivity index (χ3v) is 5.02. The minimum Gasteiger partial charge on any atom is -0.480 e. The average Bonchev–Trinajstić information content (AvgIpc) is 2.18. The lowest BCUT2D eigenvalue weighted by atomic mass is 9.76. The van der Waals surface area contributed by atoms with Gasteiger partial charge >= 0.3 is 5.97 Å². The quantitative estimate of drug-likeness (QED) is 0.804. The second kappa shape index (κ2) is 5.24. The fraction of sp³-hybridized carbons (Fsp3) is 0.917. The van der Waals surface area contributed by atoms with Gasteiger partial charge in [-0.3, -0.25) is 4.79 Å². The van der Waals surface area contributed by atoms with Crippen molar-refractivity contribution in [1.29, 1.82) is 0 Å². The van der Waals surface area contributed by atoms with Gasteiger partial charge in [0.15, 0.2) is 0 Å². The number of hydrogen-bond donors (Lipinski definition) is 1. The molecule has 3 heteroatoms. The van der Waals surface area contributed by atoms with Crippen molar-refractivity contribution in [3.8, 4) is 0 Å². The molecule has 1 N–H and O–H groups in total. The Balaban J connectivity index is 2.61. The van der Waals surface area contributed by atoms with Gasteiger partial charge in [0, 0.05) is 0 Å². The maximum atomic E-state index is 11.3. The van der Waals surface area contributed by atoms with Gasteiger partial charge in [0.05, 0.1) is 0 Å². The summed E-state index contributed by atoms with van der Waals surface area (Å²) in [5.41, 5.74) is 0. The molecule has 0 aromatic heterocycles. The highest BCUT2D eigenvalue weighted by molar-refractivity contribution is 8.01. The number of carboxylic acid groups (broad SMARTS) is 1. The van der Waals surface area contributed by atoms with Crippen LogP contribution in [0.5, 0.6) is 0 Å². The van der Waals surface area contributed by atoms with E-state index < -0.39 is 10.7 Å². The van der Waals surface area contributed by atoms with Crippen LogP contribution in [0.3, 0.4) is 0 Å². The summed E-state index contributed by atoms with van der Waals surface area (Å²) >= 11 is 1.62. The number of rotatable bonds is 4. The molecule has 0 heterocycles. The molecule has 15 heavy (non-hydrogen) atoms. The highest BCUT2D eigenvalue weighted by Crippen LogP contribution is 2.43. The lowest BCUT2D eigenvalue weighted by Gasteiger charge is -2.37. The maximum absolute atomic E-state index is 11.3. The number of carbonyl (C=O) groups is 1. The number of thioether (sulfide) groups is 1. The summed E-state index contributed by atoms with van der Waals surface area (Å²) in [6.45, 7) is 6.53. The van der Waals surface area contributed by atoms with E-state index in [9.17, 15) is 9.90 Å². The molecule has 1 fully saturated rings. The van der Waals surface area contributed by atoms with E-state index in [0.717, 1.165) is 37.4 Å². The van der Waals surface area contributed by atoms with Crippen molar-refractivity contribution >= 4 is 17.7 Å². The van der Waals surface area contributed by atoms with Crippen LogP contribution in [0.2, 0.25) is 0 Å². The van der Waals surface area contributed by atoms with Gasteiger partial charge in [-0.25, -0.2) is 0 Å². The zero-order chi connectivity index (χ0) is 11.5. The Labute approximate surface area is 96.8 Å². The lowest BCUT2D eigenvalue weighted by Crippen LogP contribution is -2.40. The fourth-order valence-corrected chi connectivity index (χ4v) is 3.67. The van der Waals surface area contributed by atoms with E-state index in [1.54, 1.807) is 11.8 Å². The molecule has 1 aliphatic carbocycles. The average molecular weight is 230 g/mol. The lowest BCUT2D eigenvalue weighted by molar-refractivity contribution is -0.141. The predicted octanol–water partition coefficient (Wildman–Crippen LogP) is 3.41. The highest BCUT2D eigenvalue weighted by Gasteiger charge is 2.42. The van der Waals surface area contributed by atoms with Crippen LogP contribution in [-0.4, -0.2) is 21.6 Å². The van der Waals surface area contributed by atoms with Crippen molar-refractivity contribution in [3.63, 3.8) is 0 Å². The summed E-state index contributed by atoms with van der Waals surface area (Å²) in [6.07, 6.45) is 3.86. The SMILES string of the molecule is CCSC1(C(=O)O)CCC(C(C)C)CC1. The van der Waals surface area contributed by atoms with Crippen LogP contribution in [-0.2, 0) is 4.79 Å². The largest absolute Gasteiger partial charge is 0.480 e. The Bertz CT molecular complexity index is 218. The van der Waals surface area contributed by atoms with E-state index in [2.05, 4.69) is 13.8 Å². The summed E-state index contributed by atoms with van der Waals surface area (Å²) < 4.78 is -0.472. The number of hydrogen-bond acceptors (Lipinski definition) is 2. The molecule has 0 aromatic rings. The Morgan fingerprint density at radius 3 is 2.33 bits per heavy atom. The summed E-state index contributed by atoms with van der Waals surface area (Å²) in [7, 11) is 0. The maximum Gasteiger partial charge on any atom is 0.319 e. The van der Waals surface area contributed by atoms with Crippen molar-refractivity contribution in [2.24, 2.45) is 11.8 Å². The molecule has 1 saturated carbocycles. The molecule has 1 rings (SSSR count).